The van der Waals surface area contributed by atoms with E-state index in [0.29, 0.717) is 12.0 Å². The van der Waals surface area contributed by atoms with Crippen molar-refractivity contribution in [2.75, 3.05) is 0 Å². The van der Waals surface area contributed by atoms with Gasteiger partial charge in [-0.15, -0.1) is 0 Å². The average molecular weight is 302 g/mol. The minimum Gasteiger partial charge on any atom is -0.508 e. The molecule has 120 valence electrons. The number of ketones is 1. The van der Waals surface area contributed by atoms with Crippen LogP contribution in [0.3, 0.4) is 0 Å². The van der Waals surface area contributed by atoms with E-state index in [1.807, 2.05) is 39.8 Å². The molecule has 0 aliphatic carbocycles. The lowest BCUT2D eigenvalue weighted by atomic mass is 10.0. The third-order valence-electron chi connectivity index (χ3n) is 2.78. The first kappa shape index (κ1) is 19.7. The van der Waals surface area contributed by atoms with E-state index in [1.54, 1.807) is 24.3 Å². The van der Waals surface area contributed by atoms with Crippen molar-refractivity contribution in [3.63, 3.8) is 0 Å². The van der Waals surface area contributed by atoms with Crippen LogP contribution in [0.5, 0.6) is 11.5 Å². The number of carbonyl (C=O) groups is 1. The summed E-state index contributed by atoms with van der Waals surface area (Å²) in [6, 6.07) is 11.9. The molecule has 2 aromatic carbocycles. The molecule has 0 saturated carbocycles. The minimum atomic E-state index is -0.153. The van der Waals surface area contributed by atoms with E-state index in [-0.39, 0.29) is 17.3 Å². The van der Waals surface area contributed by atoms with Crippen LogP contribution in [0.1, 0.15) is 56.1 Å². The Hall–Kier alpha value is -2.29. The third kappa shape index (κ3) is 6.00. The van der Waals surface area contributed by atoms with Crippen LogP contribution in [0.2, 0.25) is 0 Å². The molecule has 0 atom stereocenters. The van der Waals surface area contributed by atoms with Crippen molar-refractivity contribution < 1.29 is 15.0 Å². The normalized spacial score (nSPS) is 8.95. The fourth-order valence-corrected chi connectivity index (χ4v) is 1.82. The Labute approximate surface area is 133 Å². The van der Waals surface area contributed by atoms with Gasteiger partial charge in [0.25, 0.3) is 0 Å². The predicted molar refractivity (Wildman–Crippen MR) is 91.7 cm³/mol. The van der Waals surface area contributed by atoms with Gasteiger partial charge < -0.3 is 10.2 Å². The van der Waals surface area contributed by atoms with Gasteiger partial charge in [-0.05, 0) is 48.7 Å². The maximum absolute atomic E-state index is 11.3. The van der Waals surface area contributed by atoms with Crippen LogP contribution in [0.15, 0.2) is 42.5 Å². The van der Waals surface area contributed by atoms with E-state index in [9.17, 15) is 15.0 Å². The van der Waals surface area contributed by atoms with E-state index in [4.69, 9.17) is 0 Å². The number of carbonyl (C=O) groups excluding carboxylic acids is 1. The Morgan fingerprint density at radius 2 is 1.36 bits per heavy atom. The molecular formula is C19H26O3. The summed E-state index contributed by atoms with van der Waals surface area (Å²) in [5.41, 5.74) is 2.32. The van der Waals surface area contributed by atoms with Crippen molar-refractivity contribution in [3.05, 3.63) is 59.2 Å². The van der Waals surface area contributed by atoms with Crippen LogP contribution in [0, 0.1) is 0 Å². The Morgan fingerprint density at radius 1 is 0.864 bits per heavy atom. The Morgan fingerprint density at radius 3 is 1.86 bits per heavy atom. The van der Waals surface area contributed by atoms with E-state index >= 15 is 0 Å². The van der Waals surface area contributed by atoms with Crippen molar-refractivity contribution in [2.24, 2.45) is 0 Å². The summed E-state index contributed by atoms with van der Waals surface area (Å²) in [6.07, 6.45) is 0.654. The molecule has 2 rings (SSSR count). The molecule has 3 nitrogen and oxygen atoms in total. The first-order chi connectivity index (χ1) is 10.6. The van der Waals surface area contributed by atoms with Crippen LogP contribution in [0.25, 0.3) is 0 Å². The molecule has 0 unspecified atom stereocenters. The maximum atomic E-state index is 11.3. The van der Waals surface area contributed by atoms with E-state index in [2.05, 4.69) is 0 Å². The highest BCUT2D eigenvalue weighted by atomic mass is 16.3. The lowest BCUT2D eigenvalue weighted by molar-refractivity contribution is 0.101. The van der Waals surface area contributed by atoms with Crippen molar-refractivity contribution >= 4 is 5.78 Å². The number of rotatable bonds is 3. The van der Waals surface area contributed by atoms with Crippen molar-refractivity contribution in [1.82, 2.24) is 0 Å². The summed E-state index contributed by atoms with van der Waals surface area (Å²) in [6.45, 7) is 9.43. The predicted octanol–water partition coefficient (Wildman–Crippen LogP) is 4.94. The Balaban J connectivity index is 0.00000102. The zero-order valence-electron chi connectivity index (χ0n) is 14.1. The van der Waals surface area contributed by atoms with Crippen molar-refractivity contribution in [1.29, 1.82) is 0 Å². The van der Waals surface area contributed by atoms with Gasteiger partial charge in [0.15, 0.2) is 5.78 Å². The second-order valence-corrected chi connectivity index (χ2v) is 4.25. The molecule has 0 heterocycles. The molecule has 0 fully saturated rings. The first-order valence-corrected chi connectivity index (χ1v) is 7.67. The van der Waals surface area contributed by atoms with E-state index in [1.165, 1.54) is 13.0 Å². The Kier molecular flexibility index (Phi) is 9.35. The van der Waals surface area contributed by atoms with E-state index < -0.39 is 0 Å². The summed E-state index contributed by atoms with van der Waals surface area (Å²) in [4.78, 5) is 11.3. The van der Waals surface area contributed by atoms with Crippen LogP contribution >= 0.6 is 0 Å². The van der Waals surface area contributed by atoms with Gasteiger partial charge in [-0.25, -0.2) is 0 Å². The fraction of sp³-hybridized carbons (Fsp3) is 0.316. The molecule has 0 amide bonds. The molecule has 0 radical (unpaired) electrons. The topological polar surface area (TPSA) is 57.5 Å². The SMILES string of the molecule is CC.CC.CC(=O)c1cc(Cc2ccc(O)cc2)ccc1O. The lowest BCUT2D eigenvalue weighted by Gasteiger charge is -2.06. The summed E-state index contributed by atoms with van der Waals surface area (Å²) < 4.78 is 0. The molecule has 0 aliphatic heterocycles. The van der Waals surface area contributed by atoms with Crippen LogP contribution in [-0.2, 0) is 6.42 Å². The highest BCUT2D eigenvalue weighted by Crippen LogP contribution is 2.21. The second-order valence-electron chi connectivity index (χ2n) is 4.25. The maximum Gasteiger partial charge on any atom is 0.163 e. The molecular weight excluding hydrogens is 276 g/mol. The fourth-order valence-electron chi connectivity index (χ4n) is 1.82. The van der Waals surface area contributed by atoms with Gasteiger partial charge in [0.2, 0.25) is 0 Å². The highest BCUT2D eigenvalue weighted by molar-refractivity contribution is 5.96. The van der Waals surface area contributed by atoms with Crippen LogP contribution in [-0.4, -0.2) is 16.0 Å². The molecule has 0 aromatic heterocycles. The lowest BCUT2D eigenvalue weighted by Crippen LogP contribution is -1.96. The number of aromatic hydroxyl groups is 2. The minimum absolute atomic E-state index is 0.0111. The standard InChI is InChI=1S/C15H14O3.2C2H6/c1-10(16)14-9-12(4-7-15(14)18)8-11-2-5-13(17)6-3-11;2*1-2/h2-7,9,17-18H,8H2,1H3;2*1-2H3. The number of phenols is 2. The molecule has 0 saturated heterocycles. The molecule has 22 heavy (non-hydrogen) atoms. The van der Waals surface area contributed by atoms with E-state index in [0.717, 1.165) is 11.1 Å². The van der Waals surface area contributed by atoms with Gasteiger partial charge >= 0.3 is 0 Å². The van der Waals surface area contributed by atoms with Gasteiger partial charge in [-0.2, -0.15) is 0 Å². The van der Waals surface area contributed by atoms with Crippen LogP contribution in [0.4, 0.5) is 0 Å². The zero-order chi connectivity index (χ0) is 17.1. The number of Topliss-reactive ketones (excluding diaryl/α,β-unsaturated/α-hetero) is 1. The largest absolute Gasteiger partial charge is 0.508 e. The number of hydrogen-bond acceptors (Lipinski definition) is 3. The molecule has 2 aromatic rings. The average Bonchev–Trinajstić information content (AvgIpc) is 2.55. The van der Waals surface area contributed by atoms with Crippen molar-refractivity contribution in [2.45, 2.75) is 41.0 Å². The summed E-state index contributed by atoms with van der Waals surface area (Å²) in [5, 5.41) is 18.8. The van der Waals surface area contributed by atoms with Crippen LogP contribution < -0.4 is 0 Å². The van der Waals surface area contributed by atoms with Gasteiger partial charge in [0.1, 0.15) is 11.5 Å². The Bertz CT molecular complexity index is 572. The quantitative estimate of drug-likeness (QED) is 0.789. The third-order valence-corrected chi connectivity index (χ3v) is 2.78. The number of benzene rings is 2. The van der Waals surface area contributed by atoms with Gasteiger partial charge in [0, 0.05) is 0 Å². The van der Waals surface area contributed by atoms with Gasteiger partial charge in [-0.1, -0.05) is 45.9 Å². The summed E-state index contributed by atoms with van der Waals surface area (Å²) in [5.74, 6) is 0.0888. The molecule has 0 spiro atoms. The first-order valence-electron chi connectivity index (χ1n) is 7.67. The number of phenolic OH excluding ortho intramolecular Hbond substituents is 2. The number of hydrogen-bond donors (Lipinski definition) is 2. The molecule has 0 aliphatic rings. The molecule has 0 bridgehead atoms. The summed E-state index contributed by atoms with van der Waals surface area (Å²) in [7, 11) is 0. The second kappa shape index (κ2) is 10.4. The van der Waals surface area contributed by atoms with Crippen molar-refractivity contribution in [3.8, 4) is 11.5 Å². The smallest absolute Gasteiger partial charge is 0.163 e. The monoisotopic (exact) mass is 302 g/mol. The van der Waals surface area contributed by atoms with Gasteiger partial charge in [0.05, 0.1) is 5.56 Å². The zero-order valence-corrected chi connectivity index (χ0v) is 14.1. The highest BCUT2D eigenvalue weighted by Gasteiger charge is 2.07. The van der Waals surface area contributed by atoms with Gasteiger partial charge in [-0.3, -0.25) is 4.79 Å². The summed E-state index contributed by atoms with van der Waals surface area (Å²) >= 11 is 0. The molecule has 2 N–H and O–H groups in total. The molecule has 3 heteroatoms.